The Labute approximate surface area is 442 Å². The molecule has 0 aromatic carbocycles. The van der Waals surface area contributed by atoms with E-state index >= 15 is 0 Å². The Morgan fingerprint density at radius 1 is 0.116 bits per heavy atom. The van der Waals surface area contributed by atoms with E-state index in [4.69, 9.17) is 0 Å². The van der Waals surface area contributed by atoms with Gasteiger partial charge in [0.2, 0.25) is 0 Å². The molecule has 69 heavy (non-hydrogen) atoms. The first-order valence-electron chi connectivity index (χ1n) is 34.2. The summed E-state index contributed by atoms with van der Waals surface area (Å²) in [5.74, 6) is 0. The van der Waals surface area contributed by atoms with Crippen molar-refractivity contribution in [1.29, 1.82) is 0 Å². The van der Waals surface area contributed by atoms with Gasteiger partial charge in [0.25, 0.3) is 0 Å². The van der Waals surface area contributed by atoms with Gasteiger partial charge in [0.1, 0.15) is 0 Å². The summed E-state index contributed by atoms with van der Waals surface area (Å²) in [6.07, 6.45) is 96.6. The summed E-state index contributed by atoms with van der Waals surface area (Å²) in [6.45, 7) is 9.35. The molecule has 0 aliphatic heterocycles. The third-order valence-corrected chi connectivity index (χ3v) is 22.9. The minimum Gasteiger partial charge on any atom is -0.0654 e. The normalized spacial score (nSPS) is 12.2. The maximum absolute atomic E-state index is 2.36. The van der Waals surface area contributed by atoms with Crippen molar-refractivity contribution in [3.8, 4) is 0 Å². The SMILES string of the molecule is CCCCCCCCCCCCCCCCCCC[PH](CCCCCCCCCCC)(CCCCCCCCCCCCCCCCCCC)CCCCCCCCCCCCCCCCCCC. The van der Waals surface area contributed by atoms with E-state index in [-0.39, 0.29) is 0 Å². The zero-order valence-corrected chi connectivity index (χ0v) is 50.8. The molecule has 0 aliphatic carbocycles. The van der Waals surface area contributed by atoms with Gasteiger partial charge in [-0.1, -0.05) is 136 Å². The zero-order valence-electron chi connectivity index (χ0n) is 49.8. The number of hydrogen-bond donors (Lipinski definition) is 0. The average molecular weight is 990 g/mol. The number of rotatable bonds is 64. The van der Waals surface area contributed by atoms with Crippen LogP contribution in [-0.2, 0) is 0 Å². The molecular formula is C68H141P. The van der Waals surface area contributed by atoms with Crippen molar-refractivity contribution < 1.29 is 0 Å². The molecule has 418 valence electrons. The van der Waals surface area contributed by atoms with Gasteiger partial charge in [-0.15, -0.1) is 0 Å². The Morgan fingerprint density at radius 2 is 0.203 bits per heavy atom. The standard InChI is InChI=1S/C68H141P/c1-5-9-13-17-21-25-28-31-34-37-40-43-46-50-54-58-62-66-69(65-61-57-53-49-24-20-16-12-8-4,67-63-59-55-51-47-44-41-38-35-32-29-26-22-18-14-10-6-2)68-64-60-56-52-48-45-42-39-36-33-30-27-23-19-15-11-7-3/h69H,5-68H2,1-4H3. The zero-order chi connectivity index (χ0) is 49.8. The maximum atomic E-state index is 2.36. The summed E-state index contributed by atoms with van der Waals surface area (Å²) in [6, 6.07) is 0. The van der Waals surface area contributed by atoms with Crippen LogP contribution >= 0.6 is 7.26 Å². The van der Waals surface area contributed by atoms with Gasteiger partial charge in [0.15, 0.2) is 0 Å². The summed E-state index contributed by atoms with van der Waals surface area (Å²) in [7, 11) is -1.21. The van der Waals surface area contributed by atoms with E-state index < -0.39 is 7.26 Å². The molecule has 0 aromatic rings. The molecule has 1 heteroatoms. The van der Waals surface area contributed by atoms with Gasteiger partial charge < -0.3 is 0 Å². The topological polar surface area (TPSA) is 0 Å². The van der Waals surface area contributed by atoms with Crippen LogP contribution in [0.4, 0.5) is 0 Å². The van der Waals surface area contributed by atoms with Gasteiger partial charge in [0, 0.05) is 0 Å². The van der Waals surface area contributed by atoms with Crippen LogP contribution in [0.15, 0.2) is 0 Å². The van der Waals surface area contributed by atoms with E-state index in [0.29, 0.717) is 0 Å². The predicted octanol–water partition coefficient (Wildman–Crippen LogP) is 26.2. The molecule has 0 spiro atoms. The Balaban J connectivity index is 4.82. The molecule has 0 saturated carbocycles. The van der Waals surface area contributed by atoms with Crippen molar-refractivity contribution in [2.24, 2.45) is 0 Å². The van der Waals surface area contributed by atoms with Crippen LogP contribution < -0.4 is 0 Å². The summed E-state index contributed by atoms with van der Waals surface area (Å²) >= 11 is 0. The average Bonchev–Trinajstić information content (AvgIpc) is 3.36. The van der Waals surface area contributed by atoms with Crippen LogP contribution in [0.2, 0.25) is 0 Å². The van der Waals surface area contributed by atoms with Crippen LogP contribution in [0.5, 0.6) is 0 Å². The fourth-order valence-corrected chi connectivity index (χ4v) is 17.7. The molecule has 0 aromatic heterocycles. The first-order chi connectivity index (χ1) is 34.2. The smallest absolute Gasteiger partial charge is 0.0654 e. The quantitative estimate of drug-likeness (QED) is 0.0421. The Kier molecular flexibility index (Phi) is 63.1. The summed E-state index contributed by atoms with van der Waals surface area (Å²) in [5, 5.41) is 0. The Bertz CT molecular complexity index is 771. The molecule has 0 unspecified atom stereocenters. The van der Waals surface area contributed by atoms with Crippen LogP contribution in [0.25, 0.3) is 0 Å². The van der Waals surface area contributed by atoms with Gasteiger partial charge in [-0.05, 0) is 0 Å². The van der Waals surface area contributed by atoms with Crippen molar-refractivity contribution in [3.05, 3.63) is 0 Å². The van der Waals surface area contributed by atoms with Crippen molar-refractivity contribution >= 4 is 7.26 Å². The van der Waals surface area contributed by atoms with Crippen LogP contribution in [0.1, 0.15) is 413 Å². The Morgan fingerprint density at radius 3 is 0.304 bits per heavy atom. The van der Waals surface area contributed by atoms with Crippen LogP contribution in [0.3, 0.4) is 0 Å². The minimum absolute atomic E-state index is 1.21. The van der Waals surface area contributed by atoms with E-state index in [1.54, 1.807) is 76.0 Å². The molecule has 0 aliphatic rings. The fourth-order valence-electron chi connectivity index (χ4n) is 12.2. The number of unbranched alkanes of at least 4 members (excludes halogenated alkanes) is 56. The second-order valence-electron chi connectivity index (χ2n) is 24.3. The van der Waals surface area contributed by atoms with E-state index in [0.717, 1.165) is 0 Å². The van der Waals surface area contributed by atoms with Gasteiger partial charge in [0.05, 0.1) is 0 Å². The first-order valence-corrected chi connectivity index (χ1v) is 37.1. The van der Waals surface area contributed by atoms with Gasteiger partial charge in [-0.2, -0.15) is 0 Å². The van der Waals surface area contributed by atoms with E-state index in [1.165, 1.54) is 334 Å². The molecule has 0 radical (unpaired) electrons. The van der Waals surface area contributed by atoms with Crippen molar-refractivity contribution in [3.63, 3.8) is 0 Å². The molecule has 0 saturated heterocycles. The van der Waals surface area contributed by atoms with Crippen molar-refractivity contribution in [1.82, 2.24) is 0 Å². The molecule has 0 rings (SSSR count). The first kappa shape index (κ1) is 69.4. The van der Waals surface area contributed by atoms with Crippen LogP contribution in [-0.4, -0.2) is 24.6 Å². The van der Waals surface area contributed by atoms with Gasteiger partial charge in [-0.25, -0.2) is 0 Å². The summed E-state index contributed by atoms with van der Waals surface area (Å²) in [4.78, 5) is 0. The number of hydrogen-bond acceptors (Lipinski definition) is 0. The third-order valence-electron chi connectivity index (χ3n) is 17.2. The van der Waals surface area contributed by atoms with Crippen LogP contribution in [0, 0.1) is 0 Å². The second kappa shape index (κ2) is 62.7. The Hall–Kier alpha value is 0.430. The fraction of sp³-hybridized carbons (Fsp3) is 1.00. The molecule has 0 atom stereocenters. The van der Waals surface area contributed by atoms with Crippen molar-refractivity contribution in [2.45, 2.75) is 413 Å². The second-order valence-corrected chi connectivity index (χ2v) is 29.3. The van der Waals surface area contributed by atoms with Crippen molar-refractivity contribution in [2.75, 3.05) is 24.6 Å². The van der Waals surface area contributed by atoms with E-state index in [2.05, 4.69) is 27.7 Å². The van der Waals surface area contributed by atoms with Gasteiger partial charge in [-0.3, -0.25) is 0 Å². The van der Waals surface area contributed by atoms with E-state index in [1.807, 2.05) is 0 Å². The monoisotopic (exact) mass is 989 g/mol. The minimum atomic E-state index is -1.21. The molecule has 0 nitrogen and oxygen atoms in total. The molecular weight excluding hydrogens is 848 g/mol. The predicted molar refractivity (Wildman–Crippen MR) is 327 cm³/mol. The molecule has 0 bridgehead atoms. The molecule has 0 heterocycles. The molecule has 0 N–H and O–H groups in total. The summed E-state index contributed by atoms with van der Waals surface area (Å²) < 4.78 is 0. The molecule has 0 fully saturated rings. The molecule has 0 amide bonds. The van der Waals surface area contributed by atoms with Gasteiger partial charge >= 0.3 is 309 Å². The third kappa shape index (κ3) is 57.6. The summed E-state index contributed by atoms with van der Waals surface area (Å²) in [5.41, 5.74) is 0. The van der Waals surface area contributed by atoms with E-state index in [9.17, 15) is 0 Å².